The highest BCUT2D eigenvalue weighted by atomic mass is 79.9. The average molecular weight is 316 g/mol. The van der Waals surface area contributed by atoms with Gasteiger partial charge in [-0.3, -0.25) is 0 Å². The molecule has 0 fully saturated rings. The molecule has 0 radical (unpaired) electrons. The molecule has 0 saturated heterocycles. The van der Waals surface area contributed by atoms with E-state index in [-0.39, 0.29) is 0 Å². The zero-order chi connectivity index (χ0) is 13.8. The van der Waals surface area contributed by atoms with E-state index in [2.05, 4.69) is 48.0 Å². The maximum atomic E-state index is 9.10. The Morgan fingerprint density at radius 1 is 1.16 bits per heavy atom. The smallest absolute Gasteiger partial charge is 0.137 e. The van der Waals surface area contributed by atoms with E-state index in [1.165, 1.54) is 16.7 Å². The lowest BCUT2D eigenvalue weighted by atomic mass is 10.0. The van der Waals surface area contributed by atoms with E-state index in [4.69, 9.17) is 10.00 Å². The molecule has 0 N–H and O–H groups in total. The van der Waals surface area contributed by atoms with Gasteiger partial charge in [-0.2, -0.15) is 5.26 Å². The van der Waals surface area contributed by atoms with Crippen molar-refractivity contribution in [1.29, 1.82) is 5.26 Å². The first-order chi connectivity index (χ1) is 9.11. The number of ether oxygens (including phenoxy) is 1. The molecule has 2 nitrogen and oxygen atoms in total. The van der Waals surface area contributed by atoms with Crippen LogP contribution in [0.3, 0.4) is 0 Å². The van der Waals surface area contributed by atoms with Crippen LogP contribution in [0.25, 0.3) is 0 Å². The number of aryl methyl sites for hydroxylation is 2. The summed E-state index contributed by atoms with van der Waals surface area (Å²) in [6.07, 6.45) is 0. The van der Waals surface area contributed by atoms with Crippen LogP contribution in [0.5, 0.6) is 5.75 Å². The predicted octanol–water partition coefficient (Wildman–Crippen LogP) is 4.52. The molecule has 0 heterocycles. The average Bonchev–Trinajstić information content (AvgIpc) is 2.39. The van der Waals surface area contributed by atoms with E-state index < -0.39 is 0 Å². The van der Waals surface area contributed by atoms with Crippen LogP contribution < -0.4 is 4.74 Å². The zero-order valence-corrected chi connectivity index (χ0v) is 12.5. The molecule has 0 aliphatic carbocycles. The van der Waals surface area contributed by atoms with Crippen molar-refractivity contribution < 1.29 is 4.74 Å². The molecule has 3 heteroatoms. The first-order valence-corrected chi connectivity index (χ1v) is 6.78. The maximum absolute atomic E-state index is 9.10. The Balaban J connectivity index is 2.22. The highest BCUT2D eigenvalue weighted by Gasteiger charge is 2.07. The molecular formula is C16H14BrNO. The van der Waals surface area contributed by atoms with E-state index >= 15 is 0 Å². The highest BCUT2D eigenvalue weighted by molar-refractivity contribution is 9.10. The summed E-state index contributed by atoms with van der Waals surface area (Å²) >= 11 is 3.35. The van der Waals surface area contributed by atoms with Gasteiger partial charge in [0, 0.05) is 4.47 Å². The summed E-state index contributed by atoms with van der Waals surface area (Å²) < 4.78 is 6.67. The molecule has 19 heavy (non-hydrogen) atoms. The lowest BCUT2D eigenvalue weighted by Gasteiger charge is -2.12. The van der Waals surface area contributed by atoms with Gasteiger partial charge in [-0.1, -0.05) is 34.1 Å². The van der Waals surface area contributed by atoms with Crippen LogP contribution in [-0.2, 0) is 6.61 Å². The van der Waals surface area contributed by atoms with Crippen LogP contribution in [0.1, 0.15) is 22.3 Å². The molecule has 2 aromatic rings. The first kappa shape index (κ1) is 13.6. The van der Waals surface area contributed by atoms with Crippen molar-refractivity contribution in [3.63, 3.8) is 0 Å². The van der Waals surface area contributed by atoms with Crippen LogP contribution in [0.15, 0.2) is 40.9 Å². The van der Waals surface area contributed by atoms with Crippen molar-refractivity contribution in [1.82, 2.24) is 0 Å². The van der Waals surface area contributed by atoms with Gasteiger partial charge in [0.25, 0.3) is 0 Å². The Morgan fingerprint density at radius 3 is 2.47 bits per heavy atom. The van der Waals surface area contributed by atoms with Gasteiger partial charge in [0.05, 0.1) is 5.56 Å². The van der Waals surface area contributed by atoms with Crippen LogP contribution in [0, 0.1) is 25.2 Å². The molecular weight excluding hydrogens is 302 g/mol. The second kappa shape index (κ2) is 5.90. The SMILES string of the molecule is Cc1cccc(C)c1COc1ccc(Br)cc1C#N. The van der Waals surface area contributed by atoms with E-state index in [0.29, 0.717) is 17.9 Å². The van der Waals surface area contributed by atoms with Crippen molar-refractivity contribution in [3.8, 4) is 11.8 Å². The number of hydrogen-bond donors (Lipinski definition) is 0. The Bertz CT molecular complexity index is 623. The Labute approximate surface area is 121 Å². The van der Waals surface area contributed by atoms with Gasteiger partial charge in [-0.15, -0.1) is 0 Å². The van der Waals surface area contributed by atoms with Crippen LogP contribution in [0.4, 0.5) is 0 Å². The fourth-order valence-corrected chi connectivity index (χ4v) is 2.30. The molecule has 0 atom stereocenters. The number of rotatable bonds is 3. The first-order valence-electron chi connectivity index (χ1n) is 5.99. The zero-order valence-electron chi connectivity index (χ0n) is 10.9. The fraction of sp³-hybridized carbons (Fsp3) is 0.188. The minimum Gasteiger partial charge on any atom is -0.488 e. The summed E-state index contributed by atoms with van der Waals surface area (Å²) in [5.74, 6) is 0.619. The van der Waals surface area contributed by atoms with Gasteiger partial charge in [0.15, 0.2) is 0 Å². The topological polar surface area (TPSA) is 33.0 Å². The molecule has 0 spiro atoms. The lowest BCUT2D eigenvalue weighted by Crippen LogP contribution is -2.01. The van der Waals surface area contributed by atoms with Crippen molar-refractivity contribution in [2.45, 2.75) is 20.5 Å². The summed E-state index contributed by atoms with van der Waals surface area (Å²) in [6, 6.07) is 13.8. The molecule has 0 aromatic heterocycles. The van der Waals surface area contributed by atoms with E-state index in [1.54, 1.807) is 6.07 Å². The second-order valence-corrected chi connectivity index (χ2v) is 5.33. The van der Waals surface area contributed by atoms with E-state index in [9.17, 15) is 0 Å². The molecule has 0 aliphatic heterocycles. The Kier molecular flexibility index (Phi) is 4.24. The van der Waals surface area contributed by atoms with Gasteiger partial charge >= 0.3 is 0 Å². The molecule has 0 aliphatic rings. The summed E-state index contributed by atoms with van der Waals surface area (Å²) in [7, 11) is 0. The van der Waals surface area contributed by atoms with Gasteiger partial charge < -0.3 is 4.74 Å². The molecule has 0 saturated carbocycles. The van der Waals surface area contributed by atoms with E-state index in [1.807, 2.05) is 18.2 Å². The highest BCUT2D eigenvalue weighted by Crippen LogP contribution is 2.24. The third-order valence-electron chi connectivity index (χ3n) is 3.08. The molecule has 0 bridgehead atoms. The largest absolute Gasteiger partial charge is 0.488 e. The monoisotopic (exact) mass is 315 g/mol. The third-order valence-corrected chi connectivity index (χ3v) is 3.57. The third kappa shape index (κ3) is 3.15. The standard InChI is InChI=1S/C16H14BrNO/c1-11-4-3-5-12(2)15(11)10-19-16-7-6-14(17)8-13(16)9-18/h3-8H,10H2,1-2H3. The van der Waals surface area contributed by atoms with Crippen LogP contribution in [0.2, 0.25) is 0 Å². The second-order valence-electron chi connectivity index (χ2n) is 4.41. The summed E-state index contributed by atoms with van der Waals surface area (Å²) in [5, 5.41) is 9.10. The molecule has 96 valence electrons. The minimum absolute atomic E-state index is 0.481. The summed E-state index contributed by atoms with van der Waals surface area (Å²) in [6.45, 7) is 4.62. The van der Waals surface area contributed by atoms with Crippen molar-refractivity contribution >= 4 is 15.9 Å². The van der Waals surface area contributed by atoms with Gasteiger partial charge in [0.1, 0.15) is 18.4 Å². The van der Waals surface area contributed by atoms with Crippen molar-refractivity contribution in [3.05, 3.63) is 63.1 Å². The molecule has 2 rings (SSSR count). The van der Waals surface area contributed by atoms with Crippen LogP contribution in [-0.4, -0.2) is 0 Å². The number of nitriles is 1. The predicted molar refractivity (Wildman–Crippen MR) is 79.1 cm³/mol. The number of halogens is 1. The Hall–Kier alpha value is -1.79. The van der Waals surface area contributed by atoms with E-state index in [0.717, 1.165) is 4.47 Å². The number of nitrogens with zero attached hydrogens (tertiary/aromatic N) is 1. The van der Waals surface area contributed by atoms with Crippen LogP contribution >= 0.6 is 15.9 Å². The fourth-order valence-electron chi connectivity index (χ4n) is 1.94. The summed E-state index contributed by atoms with van der Waals surface area (Å²) in [4.78, 5) is 0. The van der Waals surface area contributed by atoms with Crippen molar-refractivity contribution in [2.75, 3.05) is 0 Å². The number of benzene rings is 2. The van der Waals surface area contributed by atoms with Gasteiger partial charge in [0.2, 0.25) is 0 Å². The molecule has 0 unspecified atom stereocenters. The van der Waals surface area contributed by atoms with Gasteiger partial charge in [-0.05, 0) is 48.7 Å². The molecule has 0 amide bonds. The van der Waals surface area contributed by atoms with Crippen molar-refractivity contribution in [2.24, 2.45) is 0 Å². The lowest BCUT2D eigenvalue weighted by molar-refractivity contribution is 0.303. The quantitative estimate of drug-likeness (QED) is 0.834. The summed E-state index contributed by atoms with van der Waals surface area (Å²) in [5.41, 5.74) is 4.13. The maximum Gasteiger partial charge on any atom is 0.137 e. The normalized spacial score (nSPS) is 10.0. The minimum atomic E-state index is 0.481. The number of hydrogen-bond acceptors (Lipinski definition) is 2. The Morgan fingerprint density at radius 2 is 1.84 bits per heavy atom. The van der Waals surface area contributed by atoms with Gasteiger partial charge in [-0.25, -0.2) is 0 Å². The molecule has 2 aromatic carbocycles.